The van der Waals surface area contributed by atoms with E-state index < -0.39 is 0 Å². The van der Waals surface area contributed by atoms with Crippen molar-refractivity contribution in [3.63, 3.8) is 0 Å². The summed E-state index contributed by atoms with van der Waals surface area (Å²) in [6.45, 7) is 6.33. The Hall–Kier alpha value is -5.27. The summed E-state index contributed by atoms with van der Waals surface area (Å²) in [6.07, 6.45) is 6.34. The van der Waals surface area contributed by atoms with Gasteiger partial charge in [-0.15, -0.1) is 0 Å². The Bertz CT molecular complexity index is 2000. The van der Waals surface area contributed by atoms with Crippen LogP contribution in [0.25, 0.3) is 43.8 Å². The number of fused-ring (bicyclic) bond motifs is 3. The summed E-state index contributed by atoms with van der Waals surface area (Å²) >= 11 is 0. The zero-order chi connectivity index (χ0) is 28.9. The summed E-state index contributed by atoms with van der Waals surface area (Å²) in [7, 11) is 1.88. The van der Waals surface area contributed by atoms with Gasteiger partial charge in [-0.05, 0) is 91.7 Å². The smallest absolute Gasteiger partial charge is 0.0649 e. The molecule has 0 unspecified atom stereocenters. The summed E-state index contributed by atoms with van der Waals surface area (Å²) in [5.41, 5.74) is 9.88. The van der Waals surface area contributed by atoms with Crippen molar-refractivity contribution < 1.29 is 0 Å². The molecule has 0 amide bonds. The Morgan fingerprint density at radius 2 is 1.24 bits per heavy atom. The predicted molar refractivity (Wildman–Crippen MR) is 183 cm³/mol. The standard InChI is InChI=1S/C41H33N/c1-4-14-29(2)31-18-12-20-33(25-31)39(40-27-34-17-8-9-22-36(34)37-23-10-11-24-38(37)40)28-41(42-3)35-21-13-19-32(26-35)30-15-6-5-7-16-30/h4-28H,2H2,1,3H3/b14-4-,39-28-,42-41+. The van der Waals surface area contributed by atoms with Crippen LogP contribution in [0, 0.1) is 0 Å². The van der Waals surface area contributed by atoms with Crippen LogP contribution in [0.2, 0.25) is 0 Å². The second-order valence-corrected chi connectivity index (χ2v) is 10.4. The highest BCUT2D eigenvalue weighted by Gasteiger charge is 2.15. The molecule has 0 fully saturated rings. The molecule has 0 aromatic heterocycles. The SMILES string of the molecule is C=C(/C=C\C)c1cccc(/C(=C/C(=N\C)c2cccc(-c3ccccc3)c2)c2cc3ccccc3c3ccccc23)c1. The zero-order valence-electron chi connectivity index (χ0n) is 24.1. The molecule has 42 heavy (non-hydrogen) atoms. The fourth-order valence-corrected chi connectivity index (χ4v) is 5.68. The Morgan fingerprint density at radius 3 is 2.02 bits per heavy atom. The highest BCUT2D eigenvalue weighted by molar-refractivity contribution is 6.18. The number of hydrogen-bond donors (Lipinski definition) is 0. The summed E-state index contributed by atoms with van der Waals surface area (Å²) in [6, 6.07) is 47.5. The molecule has 0 aliphatic heterocycles. The molecule has 0 aliphatic carbocycles. The minimum atomic E-state index is 0.928. The molecule has 1 nitrogen and oxygen atoms in total. The second kappa shape index (κ2) is 12.1. The van der Waals surface area contributed by atoms with Crippen molar-refractivity contribution in [2.24, 2.45) is 4.99 Å². The van der Waals surface area contributed by atoms with E-state index in [1.54, 1.807) is 0 Å². The van der Waals surface area contributed by atoms with Gasteiger partial charge in [-0.2, -0.15) is 0 Å². The molecule has 1 heteroatoms. The van der Waals surface area contributed by atoms with Crippen molar-refractivity contribution in [3.8, 4) is 11.1 Å². The van der Waals surface area contributed by atoms with Crippen LogP contribution >= 0.6 is 0 Å². The lowest BCUT2D eigenvalue weighted by Crippen LogP contribution is -2.01. The third-order valence-corrected chi connectivity index (χ3v) is 7.76. The van der Waals surface area contributed by atoms with Crippen LogP contribution in [0.5, 0.6) is 0 Å². The van der Waals surface area contributed by atoms with E-state index in [1.165, 1.54) is 38.2 Å². The van der Waals surface area contributed by atoms with Gasteiger partial charge in [-0.25, -0.2) is 0 Å². The van der Waals surface area contributed by atoms with Crippen LogP contribution < -0.4 is 0 Å². The molecule has 0 saturated carbocycles. The van der Waals surface area contributed by atoms with E-state index >= 15 is 0 Å². The van der Waals surface area contributed by atoms with E-state index in [4.69, 9.17) is 4.99 Å². The van der Waals surface area contributed by atoms with Crippen LogP contribution in [-0.4, -0.2) is 12.8 Å². The molecule has 0 radical (unpaired) electrons. The average molecular weight is 540 g/mol. The van der Waals surface area contributed by atoms with Gasteiger partial charge in [-0.3, -0.25) is 4.99 Å². The minimum absolute atomic E-state index is 0.928. The van der Waals surface area contributed by atoms with Gasteiger partial charge in [0.2, 0.25) is 0 Å². The first-order valence-electron chi connectivity index (χ1n) is 14.3. The van der Waals surface area contributed by atoms with E-state index in [0.29, 0.717) is 0 Å². The fourth-order valence-electron chi connectivity index (χ4n) is 5.68. The molecule has 6 aromatic rings. The van der Waals surface area contributed by atoms with Crippen LogP contribution in [-0.2, 0) is 0 Å². The van der Waals surface area contributed by atoms with Gasteiger partial charge < -0.3 is 0 Å². The van der Waals surface area contributed by atoms with E-state index in [2.05, 4.69) is 146 Å². The summed E-state index contributed by atoms with van der Waals surface area (Å²) < 4.78 is 0. The van der Waals surface area contributed by atoms with E-state index in [9.17, 15) is 0 Å². The Labute approximate surface area is 248 Å². The molecule has 6 rings (SSSR count). The number of allylic oxidation sites excluding steroid dienone is 4. The van der Waals surface area contributed by atoms with E-state index in [1.807, 2.05) is 26.1 Å². The maximum atomic E-state index is 4.82. The Morgan fingerprint density at radius 1 is 0.595 bits per heavy atom. The van der Waals surface area contributed by atoms with Gasteiger partial charge in [0.25, 0.3) is 0 Å². The Balaban J connectivity index is 1.60. The fraction of sp³-hybridized carbons (Fsp3) is 0.0488. The van der Waals surface area contributed by atoms with Crippen molar-refractivity contribution in [2.45, 2.75) is 6.92 Å². The highest BCUT2D eigenvalue weighted by Crippen LogP contribution is 2.36. The number of nitrogens with zero attached hydrogens (tertiary/aromatic N) is 1. The lowest BCUT2D eigenvalue weighted by molar-refractivity contribution is 1.43. The summed E-state index contributed by atoms with van der Waals surface area (Å²) in [5.74, 6) is 0. The second-order valence-electron chi connectivity index (χ2n) is 10.4. The Kier molecular flexibility index (Phi) is 7.74. The van der Waals surface area contributed by atoms with E-state index in [-0.39, 0.29) is 0 Å². The molecule has 202 valence electrons. The number of aliphatic imine (C=N–C) groups is 1. The van der Waals surface area contributed by atoms with Crippen molar-refractivity contribution in [3.05, 3.63) is 181 Å². The third-order valence-electron chi connectivity index (χ3n) is 7.76. The lowest BCUT2D eigenvalue weighted by atomic mass is 9.87. The topological polar surface area (TPSA) is 12.4 Å². The molecule has 0 atom stereocenters. The van der Waals surface area contributed by atoms with Crippen LogP contribution in [0.15, 0.2) is 163 Å². The van der Waals surface area contributed by atoms with Gasteiger partial charge in [0.05, 0.1) is 5.71 Å². The molecular weight excluding hydrogens is 506 g/mol. The third kappa shape index (κ3) is 5.38. The zero-order valence-corrected chi connectivity index (χ0v) is 24.1. The van der Waals surface area contributed by atoms with Crippen molar-refractivity contribution in [1.29, 1.82) is 0 Å². The van der Waals surface area contributed by atoms with Crippen LogP contribution in [0.1, 0.15) is 29.2 Å². The van der Waals surface area contributed by atoms with Crippen molar-refractivity contribution in [2.75, 3.05) is 7.05 Å². The predicted octanol–water partition coefficient (Wildman–Crippen LogP) is 10.8. The quantitative estimate of drug-likeness (QED) is 0.109. The first-order valence-corrected chi connectivity index (χ1v) is 14.3. The van der Waals surface area contributed by atoms with Gasteiger partial charge in [0.1, 0.15) is 0 Å². The summed E-state index contributed by atoms with van der Waals surface area (Å²) in [5, 5.41) is 4.93. The summed E-state index contributed by atoms with van der Waals surface area (Å²) in [4.78, 5) is 4.82. The highest BCUT2D eigenvalue weighted by atomic mass is 14.7. The maximum absolute atomic E-state index is 4.82. The van der Waals surface area contributed by atoms with E-state index in [0.717, 1.165) is 33.5 Å². The number of rotatable bonds is 7. The minimum Gasteiger partial charge on any atom is -0.288 e. The van der Waals surface area contributed by atoms with Gasteiger partial charge in [-0.1, -0.05) is 134 Å². The lowest BCUT2D eigenvalue weighted by Gasteiger charge is -2.16. The van der Waals surface area contributed by atoms with Gasteiger partial charge in [0.15, 0.2) is 0 Å². The molecular formula is C41H33N. The number of hydrogen-bond acceptors (Lipinski definition) is 1. The molecule has 0 aliphatic rings. The molecule has 0 spiro atoms. The van der Waals surface area contributed by atoms with Crippen molar-refractivity contribution in [1.82, 2.24) is 0 Å². The monoisotopic (exact) mass is 539 g/mol. The normalized spacial score (nSPS) is 12.3. The molecule has 0 heterocycles. The van der Waals surface area contributed by atoms with Gasteiger partial charge in [0, 0.05) is 12.6 Å². The van der Waals surface area contributed by atoms with Crippen LogP contribution in [0.3, 0.4) is 0 Å². The maximum Gasteiger partial charge on any atom is 0.0649 e. The molecule has 0 saturated heterocycles. The first-order chi connectivity index (χ1) is 20.7. The van der Waals surface area contributed by atoms with Crippen molar-refractivity contribution >= 4 is 38.4 Å². The first kappa shape index (κ1) is 26.9. The largest absolute Gasteiger partial charge is 0.288 e. The molecule has 0 bridgehead atoms. The number of benzene rings is 6. The average Bonchev–Trinajstić information content (AvgIpc) is 3.06. The van der Waals surface area contributed by atoms with Crippen LogP contribution in [0.4, 0.5) is 0 Å². The van der Waals surface area contributed by atoms with Gasteiger partial charge >= 0.3 is 0 Å². The molecule has 6 aromatic carbocycles. The molecule has 0 N–H and O–H groups in total.